The number of hydrogen-bond donors (Lipinski definition) is 1. The summed E-state index contributed by atoms with van der Waals surface area (Å²) in [6.45, 7) is 3.70. The van der Waals surface area contributed by atoms with Crippen molar-refractivity contribution in [3.63, 3.8) is 0 Å². The maximum absolute atomic E-state index is 5.95. The Hall–Kier alpha value is -0.0800. The van der Waals surface area contributed by atoms with Crippen LogP contribution in [0.15, 0.2) is 0 Å². The molecule has 4 aliphatic rings. The van der Waals surface area contributed by atoms with E-state index in [1.54, 1.807) is 0 Å². The molecule has 0 heterocycles. The summed E-state index contributed by atoms with van der Waals surface area (Å²) in [4.78, 5) is 0. The smallest absolute Gasteiger partial charge is 0.0604 e. The predicted molar refractivity (Wildman–Crippen MR) is 65.1 cm³/mol. The first-order valence-corrected chi connectivity index (χ1v) is 7.03. The van der Waals surface area contributed by atoms with E-state index in [9.17, 15) is 0 Å². The lowest BCUT2D eigenvalue weighted by molar-refractivity contribution is -0.134. The normalized spacial score (nSPS) is 47.2. The van der Waals surface area contributed by atoms with Gasteiger partial charge >= 0.3 is 0 Å². The largest absolute Gasteiger partial charge is 0.377 e. The van der Waals surface area contributed by atoms with Gasteiger partial charge in [0, 0.05) is 6.54 Å². The molecule has 1 atom stereocenters. The molecule has 4 aliphatic carbocycles. The van der Waals surface area contributed by atoms with Crippen LogP contribution in [0.2, 0.25) is 0 Å². The van der Waals surface area contributed by atoms with E-state index in [2.05, 4.69) is 6.92 Å². The highest BCUT2D eigenvalue weighted by molar-refractivity contribution is 5.03. The number of ether oxygens (including phenoxy) is 1. The number of rotatable bonds is 4. The Kier molecular flexibility index (Phi) is 2.75. The highest BCUT2D eigenvalue weighted by atomic mass is 16.5. The van der Waals surface area contributed by atoms with Crippen LogP contribution in [0.1, 0.15) is 45.4 Å². The Labute approximate surface area is 98.9 Å². The fourth-order valence-electron chi connectivity index (χ4n) is 5.10. The van der Waals surface area contributed by atoms with Crippen LogP contribution in [0.5, 0.6) is 0 Å². The molecule has 0 aromatic rings. The van der Waals surface area contributed by atoms with Crippen molar-refractivity contribution in [3.8, 4) is 0 Å². The minimum Gasteiger partial charge on any atom is -0.377 e. The van der Waals surface area contributed by atoms with Crippen molar-refractivity contribution >= 4 is 0 Å². The fourth-order valence-corrected chi connectivity index (χ4v) is 5.10. The Morgan fingerprint density at radius 2 is 1.62 bits per heavy atom. The maximum Gasteiger partial charge on any atom is 0.0604 e. The summed E-state index contributed by atoms with van der Waals surface area (Å²) >= 11 is 0. The number of nitrogens with two attached hydrogens (primary N) is 1. The first-order valence-electron chi connectivity index (χ1n) is 7.03. The summed E-state index contributed by atoms with van der Waals surface area (Å²) in [5.74, 6) is 3.07. The topological polar surface area (TPSA) is 35.2 Å². The molecule has 0 radical (unpaired) electrons. The molecule has 0 spiro atoms. The van der Waals surface area contributed by atoms with Crippen molar-refractivity contribution in [3.05, 3.63) is 0 Å². The molecule has 4 rings (SSSR count). The zero-order valence-corrected chi connectivity index (χ0v) is 10.5. The maximum atomic E-state index is 5.95. The van der Waals surface area contributed by atoms with E-state index in [0.29, 0.717) is 18.1 Å². The van der Waals surface area contributed by atoms with Gasteiger partial charge in [-0.3, -0.25) is 0 Å². The molecule has 1 unspecified atom stereocenters. The molecule has 2 nitrogen and oxygen atoms in total. The van der Waals surface area contributed by atoms with Gasteiger partial charge in [-0.15, -0.1) is 0 Å². The van der Waals surface area contributed by atoms with Crippen LogP contribution >= 0.6 is 0 Å². The Bertz CT molecular complexity index is 228. The van der Waals surface area contributed by atoms with Crippen molar-refractivity contribution < 1.29 is 4.74 Å². The molecule has 0 aromatic heterocycles. The number of hydrogen-bond acceptors (Lipinski definition) is 2. The third-order valence-electron chi connectivity index (χ3n) is 5.43. The van der Waals surface area contributed by atoms with Crippen molar-refractivity contribution in [2.45, 2.75) is 51.6 Å². The average molecular weight is 223 g/mol. The second-order valence-corrected chi connectivity index (χ2v) is 6.58. The fraction of sp³-hybridized carbons (Fsp3) is 1.00. The molecule has 0 aromatic carbocycles. The summed E-state index contributed by atoms with van der Waals surface area (Å²) in [6.07, 6.45) is 9.29. The zero-order valence-electron chi connectivity index (χ0n) is 10.5. The first kappa shape index (κ1) is 11.0. The van der Waals surface area contributed by atoms with Crippen LogP contribution in [-0.4, -0.2) is 19.3 Å². The van der Waals surface area contributed by atoms with Crippen LogP contribution in [0.4, 0.5) is 0 Å². The molecule has 4 fully saturated rings. The molecule has 2 heteroatoms. The predicted octanol–water partition coefficient (Wildman–Crippen LogP) is 2.57. The molecular formula is C14H25NO. The second-order valence-electron chi connectivity index (χ2n) is 6.58. The van der Waals surface area contributed by atoms with Crippen molar-refractivity contribution in [2.75, 3.05) is 13.2 Å². The molecule has 4 saturated carbocycles. The summed E-state index contributed by atoms with van der Waals surface area (Å²) in [6, 6.07) is 0. The van der Waals surface area contributed by atoms with Crippen LogP contribution in [0.25, 0.3) is 0 Å². The van der Waals surface area contributed by atoms with Crippen LogP contribution < -0.4 is 5.73 Å². The van der Waals surface area contributed by atoms with Gasteiger partial charge in [0.25, 0.3) is 0 Å². The zero-order chi connectivity index (χ0) is 11.2. The van der Waals surface area contributed by atoms with Gasteiger partial charge in [0.05, 0.1) is 12.7 Å². The summed E-state index contributed by atoms with van der Waals surface area (Å²) < 4.78 is 5.95. The van der Waals surface area contributed by atoms with E-state index in [1.165, 1.54) is 38.5 Å². The summed E-state index contributed by atoms with van der Waals surface area (Å²) in [5, 5.41) is 0. The molecule has 0 amide bonds. The van der Waals surface area contributed by atoms with Crippen molar-refractivity contribution in [1.82, 2.24) is 0 Å². The minimum absolute atomic E-state index is 0.435. The lowest BCUT2D eigenvalue weighted by Crippen LogP contribution is -2.51. The first-order chi connectivity index (χ1) is 7.72. The van der Waals surface area contributed by atoms with Gasteiger partial charge in [0.2, 0.25) is 0 Å². The minimum atomic E-state index is 0.435. The molecule has 2 N–H and O–H groups in total. The van der Waals surface area contributed by atoms with Gasteiger partial charge in [-0.1, -0.05) is 0 Å². The molecular weight excluding hydrogens is 198 g/mol. The lowest BCUT2D eigenvalue weighted by atomic mass is 9.48. The molecule has 4 bridgehead atoms. The van der Waals surface area contributed by atoms with Crippen molar-refractivity contribution in [1.29, 1.82) is 0 Å². The van der Waals surface area contributed by atoms with Gasteiger partial charge in [-0.25, -0.2) is 0 Å². The molecule has 92 valence electrons. The van der Waals surface area contributed by atoms with Gasteiger partial charge < -0.3 is 10.5 Å². The third-order valence-corrected chi connectivity index (χ3v) is 5.43. The van der Waals surface area contributed by atoms with Gasteiger partial charge in [-0.05, 0) is 68.6 Å². The average Bonchev–Trinajstić information content (AvgIpc) is 2.24. The van der Waals surface area contributed by atoms with Crippen LogP contribution in [-0.2, 0) is 4.74 Å². The van der Waals surface area contributed by atoms with E-state index in [-0.39, 0.29) is 0 Å². The quantitative estimate of drug-likeness (QED) is 0.795. The Morgan fingerprint density at radius 1 is 1.12 bits per heavy atom. The van der Waals surface area contributed by atoms with Crippen LogP contribution in [0, 0.1) is 23.2 Å². The standard InChI is InChI=1S/C14H25NO/c1-10(16-3-2-15)14-7-11-4-12(8-14)6-13(5-11)9-14/h10-13H,2-9,15H2,1H3. The second kappa shape index (κ2) is 3.99. The SMILES string of the molecule is CC(OCCN)C12CC3CC(CC(C3)C1)C2. The highest BCUT2D eigenvalue weighted by Crippen LogP contribution is 2.61. The van der Waals surface area contributed by atoms with E-state index in [1.807, 2.05) is 0 Å². The van der Waals surface area contributed by atoms with E-state index >= 15 is 0 Å². The van der Waals surface area contributed by atoms with Gasteiger partial charge in [0.15, 0.2) is 0 Å². The van der Waals surface area contributed by atoms with Gasteiger partial charge in [-0.2, -0.15) is 0 Å². The molecule has 0 saturated heterocycles. The summed E-state index contributed by atoms with van der Waals surface area (Å²) in [5.41, 5.74) is 6.07. The van der Waals surface area contributed by atoms with E-state index in [4.69, 9.17) is 10.5 Å². The van der Waals surface area contributed by atoms with Gasteiger partial charge in [0.1, 0.15) is 0 Å². The Morgan fingerprint density at radius 3 is 2.06 bits per heavy atom. The molecule has 0 aliphatic heterocycles. The highest BCUT2D eigenvalue weighted by Gasteiger charge is 2.53. The summed E-state index contributed by atoms with van der Waals surface area (Å²) in [7, 11) is 0. The monoisotopic (exact) mass is 223 g/mol. The lowest BCUT2D eigenvalue weighted by Gasteiger charge is -2.58. The van der Waals surface area contributed by atoms with E-state index < -0.39 is 0 Å². The Balaban J connectivity index is 1.72. The van der Waals surface area contributed by atoms with Crippen LogP contribution in [0.3, 0.4) is 0 Å². The van der Waals surface area contributed by atoms with Crippen molar-refractivity contribution in [2.24, 2.45) is 28.9 Å². The third kappa shape index (κ3) is 1.70. The van der Waals surface area contributed by atoms with E-state index in [0.717, 1.165) is 24.4 Å². The molecule has 16 heavy (non-hydrogen) atoms.